The van der Waals surface area contributed by atoms with Crippen molar-refractivity contribution in [1.82, 2.24) is 20.0 Å². The van der Waals surface area contributed by atoms with Gasteiger partial charge >= 0.3 is 18.0 Å². The molecule has 5 amide bonds. The minimum Gasteiger partial charge on any atom is -0.480 e. The number of carboxylic acids is 1. The van der Waals surface area contributed by atoms with Crippen LogP contribution in [0.1, 0.15) is 18.4 Å². The topological polar surface area (TPSA) is 134 Å². The molecule has 2 aromatic rings. The van der Waals surface area contributed by atoms with Gasteiger partial charge in [-0.15, -0.1) is 0 Å². The Hall–Kier alpha value is -4.19. The number of piperazine rings is 1. The summed E-state index contributed by atoms with van der Waals surface area (Å²) in [5, 5.41) is 17.8. The lowest BCUT2D eigenvalue weighted by molar-refractivity contribution is -0.142. The fourth-order valence-corrected chi connectivity index (χ4v) is 4.79. The highest BCUT2D eigenvalue weighted by Gasteiger charge is 2.31. The zero-order valence-electron chi connectivity index (χ0n) is 22.4. The lowest BCUT2D eigenvalue weighted by Crippen LogP contribution is -2.50. The van der Waals surface area contributed by atoms with Crippen molar-refractivity contribution in [3.8, 4) is 0 Å². The van der Waals surface area contributed by atoms with Crippen molar-refractivity contribution in [3.05, 3.63) is 59.9 Å². The first kappa shape index (κ1) is 28.8. The van der Waals surface area contributed by atoms with E-state index in [2.05, 4.69) is 20.9 Å². The molecule has 11 nitrogen and oxygen atoms in total. The maximum Gasteiger partial charge on any atom is 0.326 e. The Kier molecular flexibility index (Phi) is 9.54. The summed E-state index contributed by atoms with van der Waals surface area (Å²) in [4.78, 5) is 55.4. The molecule has 0 spiro atoms. The highest BCUT2D eigenvalue weighted by molar-refractivity contribution is 5.91. The Morgan fingerprint density at radius 2 is 1.60 bits per heavy atom. The number of anilines is 2. The third-order valence-corrected chi connectivity index (χ3v) is 7.24. The Balaban J connectivity index is 1.29. The molecule has 2 aromatic carbocycles. The number of benzene rings is 2. The highest BCUT2D eigenvalue weighted by atomic mass is 19.1. The number of para-hydroxylation sites is 1. The normalized spacial score (nSPS) is 18.5. The van der Waals surface area contributed by atoms with E-state index in [4.69, 9.17) is 0 Å². The number of carbonyl (C=O) groups is 4. The zero-order chi connectivity index (χ0) is 28.6. The number of amides is 5. The third kappa shape index (κ3) is 7.69. The number of likely N-dealkylation sites (N-methyl/N-ethyl adjacent to an activating group) is 1. The van der Waals surface area contributed by atoms with E-state index in [0.29, 0.717) is 43.7 Å². The number of likely N-dealkylation sites (tertiary alicyclic amines) is 1. The first-order valence-corrected chi connectivity index (χ1v) is 13.4. The van der Waals surface area contributed by atoms with Gasteiger partial charge in [0.05, 0.1) is 11.6 Å². The molecule has 40 heavy (non-hydrogen) atoms. The first-order chi connectivity index (χ1) is 19.2. The van der Waals surface area contributed by atoms with Crippen LogP contribution in [0, 0.1) is 11.7 Å². The van der Waals surface area contributed by atoms with Crippen molar-refractivity contribution >= 4 is 35.3 Å². The SMILES string of the molecule is CN1CCN(C(=O)Nc2ccc(C[C@H](NC(=O)C3CCCN(C(=O)Nc4ccccc4F)C3)C(=O)O)cc2)CC1. The molecule has 2 saturated heterocycles. The third-order valence-electron chi connectivity index (χ3n) is 7.24. The molecule has 0 saturated carbocycles. The minimum absolute atomic E-state index is 0.0509. The van der Waals surface area contributed by atoms with E-state index in [1.165, 1.54) is 23.1 Å². The maximum absolute atomic E-state index is 13.9. The number of piperidine rings is 1. The quantitative estimate of drug-likeness (QED) is 0.416. The van der Waals surface area contributed by atoms with Crippen LogP contribution in [-0.4, -0.2) is 96.1 Å². The number of rotatable bonds is 7. The van der Waals surface area contributed by atoms with E-state index in [-0.39, 0.29) is 24.7 Å². The number of nitrogens with one attached hydrogen (secondary N) is 3. The summed E-state index contributed by atoms with van der Waals surface area (Å²) >= 11 is 0. The first-order valence-electron chi connectivity index (χ1n) is 13.4. The van der Waals surface area contributed by atoms with Gasteiger partial charge in [-0.1, -0.05) is 24.3 Å². The van der Waals surface area contributed by atoms with Crippen molar-refractivity contribution < 1.29 is 28.7 Å². The predicted octanol–water partition coefficient (Wildman–Crippen LogP) is 2.66. The van der Waals surface area contributed by atoms with E-state index in [0.717, 1.165) is 13.1 Å². The van der Waals surface area contributed by atoms with Crippen molar-refractivity contribution in [3.63, 3.8) is 0 Å². The van der Waals surface area contributed by atoms with Gasteiger partial charge in [0.2, 0.25) is 5.91 Å². The second-order valence-electron chi connectivity index (χ2n) is 10.2. The molecule has 1 unspecified atom stereocenters. The zero-order valence-corrected chi connectivity index (χ0v) is 22.4. The summed E-state index contributed by atoms with van der Waals surface area (Å²) in [6, 6.07) is 10.8. The largest absolute Gasteiger partial charge is 0.480 e. The van der Waals surface area contributed by atoms with E-state index < -0.39 is 35.7 Å². The summed E-state index contributed by atoms with van der Waals surface area (Å²) in [6.07, 6.45) is 1.11. The molecule has 2 aliphatic rings. The molecular weight excluding hydrogens is 519 g/mol. The van der Waals surface area contributed by atoms with Gasteiger partial charge < -0.3 is 35.8 Å². The molecule has 214 valence electrons. The van der Waals surface area contributed by atoms with Crippen LogP contribution >= 0.6 is 0 Å². The summed E-state index contributed by atoms with van der Waals surface area (Å²) in [5.74, 6) is -2.77. The molecule has 4 N–H and O–H groups in total. The van der Waals surface area contributed by atoms with Crippen LogP contribution in [-0.2, 0) is 16.0 Å². The fourth-order valence-electron chi connectivity index (χ4n) is 4.79. The van der Waals surface area contributed by atoms with Crippen molar-refractivity contribution in [2.24, 2.45) is 5.92 Å². The average Bonchev–Trinajstić information content (AvgIpc) is 2.95. The molecule has 2 fully saturated rings. The van der Waals surface area contributed by atoms with Gasteiger partial charge in [-0.05, 0) is 49.7 Å². The second-order valence-corrected chi connectivity index (χ2v) is 10.2. The number of aliphatic carboxylic acids is 1. The van der Waals surface area contributed by atoms with Crippen LogP contribution < -0.4 is 16.0 Å². The van der Waals surface area contributed by atoms with Gasteiger partial charge in [0, 0.05) is 51.4 Å². The lowest BCUT2D eigenvalue weighted by Gasteiger charge is -2.32. The van der Waals surface area contributed by atoms with Crippen LogP contribution in [0.5, 0.6) is 0 Å². The lowest BCUT2D eigenvalue weighted by atomic mass is 9.96. The van der Waals surface area contributed by atoms with Crippen LogP contribution in [0.2, 0.25) is 0 Å². The van der Waals surface area contributed by atoms with Gasteiger partial charge in [0.25, 0.3) is 0 Å². The van der Waals surface area contributed by atoms with Gasteiger partial charge in [-0.3, -0.25) is 4.79 Å². The summed E-state index contributed by atoms with van der Waals surface area (Å²) in [6.45, 7) is 3.43. The van der Waals surface area contributed by atoms with Crippen molar-refractivity contribution in [1.29, 1.82) is 0 Å². The number of hydrogen-bond donors (Lipinski definition) is 4. The molecular formula is C28H35FN6O5. The van der Waals surface area contributed by atoms with Crippen LogP contribution in [0.15, 0.2) is 48.5 Å². The summed E-state index contributed by atoms with van der Waals surface area (Å²) < 4.78 is 13.9. The van der Waals surface area contributed by atoms with E-state index >= 15 is 0 Å². The predicted molar refractivity (Wildman–Crippen MR) is 148 cm³/mol. The van der Waals surface area contributed by atoms with E-state index in [9.17, 15) is 28.7 Å². The smallest absolute Gasteiger partial charge is 0.326 e. The number of halogens is 1. The van der Waals surface area contributed by atoms with Crippen LogP contribution in [0.4, 0.5) is 25.4 Å². The fraction of sp³-hybridized carbons (Fsp3) is 0.429. The Morgan fingerprint density at radius 1 is 0.925 bits per heavy atom. The standard InChI is InChI=1S/C28H35FN6O5/c1-33-13-15-34(16-14-33)27(39)30-21-10-8-19(9-11-21)17-24(26(37)38)31-25(36)20-5-4-12-35(18-20)28(40)32-23-7-3-2-6-22(23)29/h2-3,6-11,20,24H,4-5,12-18H2,1H3,(H,30,39)(H,31,36)(H,32,40)(H,37,38)/t20?,24-/m0/s1. The minimum atomic E-state index is -1.18. The summed E-state index contributed by atoms with van der Waals surface area (Å²) in [7, 11) is 2.01. The number of carbonyl (C=O) groups excluding carboxylic acids is 3. The van der Waals surface area contributed by atoms with Gasteiger partial charge in [-0.25, -0.2) is 18.8 Å². The maximum atomic E-state index is 13.9. The molecule has 2 heterocycles. The van der Waals surface area contributed by atoms with Gasteiger partial charge in [0.1, 0.15) is 11.9 Å². The number of urea groups is 2. The number of carboxylic acid groups (broad SMARTS) is 1. The molecule has 0 aliphatic carbocycles. The molecule has 0 aromatic heterocycles. The van der Waals surface area contributed by atoms with Crippen molar-refractivity contribution in [2.45, 2.75) is 25.3 Å². The van der Waals surface area contributed by atoms with Crippen molar-refractivity contribution in [2.75, 3.05) is 56.9 Å². The number of nitrogens with zero attached hydrogens (tertiary/aromatic N) is 3. The summed E-state index contributed by atoms with van der Waals surface area (Å²) in [5.41, 5.74) is 1.33. The van der Waals surface area contributed by atoms with Gasteiger partial charge in [0.15, 0.2) is 0 Å². The molecule has 0 bridgehead atoms. The van der Waals surface area contributed by atoms with Gasteiger partial charge in [-0.2, -0.15) is 0 Å². The second kappa shape index (κ2) is 13.2. The molecule has 0 radical (unpaired) electrons. The molecule has 2 atom stereocenters. The average molecular weight is 555 g/mol. The molecule has 2 aliphatic heterocycles. The Bertz CT molecular complexity index is 1220. The number of hydrogen-bond acceptors (Lipinski definition) is 5. The highest BCUT2D eigenvalue weighted by Crippen LogP contribution is 2.20. The Labute approximate surface area is 232 Å². The monoisotopic (exact) mass is 554 g/mol. The Morgan fingerprint density at radius 3 is 2.27 bits per heavy atom. The molecule has 12 heteroatoms. The van der Waals surface area contributed by atoms with E-state index in [1.807, 2.05) is 7.05 Å². The van der Waals surface area contributed by atoms with Crippen LogP contribution in [0.3, 0.4) is 0 Å². The van der Waals surface area contributed by atoms with Crippen LogP contribution in [0.25, 0.3) is 0 Å². The molecule has 4 rings (SSSR count). The van der Waals surface area contributed by atoms with E-state index in [1.54, 1.807) is 35.2 Å².